The Morgan fingerprint density at radius 1 is 0.536 bits per heavy atom. The zero-order chi connectivity index (χ0) is 19.2. The molecule has 4 aromatic carbocycles. The van der Waals surface area contributed by atoms with E-state index in [1.54, 1.807) is 12.1 Å². The molecule has 0 N–H and O–H groups in total. The monoisotopic (exact) mass is 362 g/mol. The number of hydrogen-bond donors (Lipinski definition) is 0. The molecule has 0 saturated heterocycles. The number of nitrogens with zero attached hydrogens (tertiary/aromatic N) is 2. The average Bonchev–Trinajstić information content (AvgIpc) is 2.79. The summed E-state index contributed by atoms with van der Waals surface area (Å²) < 4.78 is 0. The Labute approximate surface area is 164 Å². The van der Waals surface area contributed by atoms with Crippen molar-refractivity contribution in [1.29, 1.82) is 0 Å². The molecule has 0 heterocycles. The Balaban J connectivity index is 1.61. The fourth-order valence-electron chi connectivity index (χ4n) is 2.96. The largest absolute Gasteiger partial charge is 0.289 e. The average molecular weight is 362 g/mol. The van der Waals surface area contributed by atoms with Crippen LogP contribution in [0.2, 0.25) is 0 Å². The molecule has 0 radical (unpaired) electrons. The van der Waals surface area contributed by atoms with Gasteiger partial charge in [0.15, 0.2) is 5.78 Å². The van der Waals surface area contributed by atoms with E-state index in [0.29, 0.717) is 16.8 Å². The van der Waals surface area contributed by atoms with Crippen LogP contribution in [0.25, 0.3) is 11.1 Å². The van der Waals surface area contributed by atoms with Crippen LogP contribution in [-0.4, -0.2) is 5.78 Å². The van der Waals surface area contributed by atoms with Crippen molar-refractivity contribution in [2.24, 2.45) is 10.2 Å². The minimum absolute atomic E-state index is 0.0674. The third-order valence-corrected chi connectivity index (χ3v) is 4.43. The van der Waals surface area contributed by atoms with E-state index in [1.807, 2.05) is 84.9 Å². The molecule has 134 valence electrons. The molecule has 0 aliphatic rings. The highest BCUT2D eigenvalue weighted by molar-refractivity contribution is 6.12. The first kappa shape index (κ1) is 17.6. The number of hydrogen-bond acceptors (Lipinski definition) is 3. The highest BCUT2D eigenvalue weighted by atomic mass is 16.1. The van der Waals surface area contributed by atoms with Crippen LogP contribution in [0, 0.1) is 0 Å². The summed E-state index contributed by atoms with van der Waals surface area (Å²) in [4.78, 5) is 13.0. The van der Waals surface area contributed by atoms with Gasteiger partial charge in [0.05, 0.1) is 16.9 Å². The number of carbonyl (C=O) groups excluding carboxylic acids is 1. The van der Waals surface area contributed by atoms with E-state index in [4.69, 9.17) is 0 Å². The SMILES string of the molecule is O=C(c1ccc(-c2ccccc2)cc1)c1ccccc1N=Nc1ccccc1. The minimum atomic E-state index is -0.0674. The third kappa shape index (κ3) is 3.94. The van der Waals surface area contributed by atoms with E-state index in [1.165, 1.54) is 0 Å². The molecule has 0 amide bonds. The van der Waals surface area contributed by atoms with E-state index >= 15 is 0 Å². The molecule has 0 aliphatic carbocycles. The lowest BCUT2D eigenvalue weighted by Crippen LogP contribution is -2.01. The number of carbonyl (C=O) groups is 1. The summed E-state index contributed by atoms with van der Waals surface area (Å²) in [7, 11) is 0. The Hall–Kier alpha value is -3.85. The van der Waals surface area contributed by atoms with E-state index in [-0.39, 0.29) is 5.78 Å². The predicted molar refractivity (Wildman–Crippen MR) is 112 cm³/mol. The van der Waals surface area contributed by atoms with E-state index in [2.05, 4.69) is 22.4 Å². The van der Waals surface area contributed by atoms with Crippen molar-refractivity contribution >= 4 is 17.2 Å². The Bertz CT molecular complexity index is 1100. The van der Waals surface area contributed by atoms with Gasteiger partial charge in [0.1, 0.15) is 0 Å². The molecule has 0 aromatic heterocycles. The number of benzene rings is 4. The molecule has 3 heteroatoms. The first-order valence-corrected chi connectivity index (χ1v) is 9.07. The van der Waals surface area contributed by atoms with Crippen LogP contribution in [0.5, 0.6) is 0 Å². The second-order valence-corrected chi connectivity index (χ2v) is 6.33. The van der Waals surface area contributed by atoms with Gasteiger partial charge < -0.3 is 0 Å². The maximum Gasteiger partial charge on any atom is 0.195 e. The lowest BCUT2D eigenvalue weighted by molar-refractivity contribution is 0.103. The molecule has 28 heavy (non-hydrogen) atoms. The fraction of sp³-hybridized carbons (Fsp3) is 0. The van der Waals surface area contributed by atoms with E-state index < -0.39 is 0 Å². The van der Waals surface area contributed by atoms with Gasteiger partial charge in [0.25, 0.3) is 0 Å². The van der Waals surface area contributed by atoms with Crippen molar-refractivity contribution < 1.29 is 4.79 Å². The normalized spacial score (nSPS) is 10.9. The molecular weight excluding hydrogens is 344 g/mol. The van der Waals surface area contributed by atoms with Gasteiger partial charge in [-0.1, -0.05) is 84.9 Å². The molecule has 4 aromatic rings. The summed E-state index contributed by atoms with van der Waals surface area (Å²) >= 11 is 0. The fourth-order valence-corrected chi connectivity index (χ4v) is 2.96. The van der Waals surface area contributed by atoms with E-state index in [9.17, 15) is 4.79 Å². The molecular formula is C25H18N2O. The third-order valence-electron chi connectivity index (χ3n) is 4.43. The van der Waals surface area contributed by atoms with Crippen LogP contribution < -0.4 is 0 Å². The standard InChI is InChI=1S/C25H18N2O/c28-25(21-17-15-20(16-18-21)19-9-3-1-4-10-19)23-13-7-8-14-24(23)27-26-22-11-5-2-6-12-22/h1-18H. The van der Waals surface area contributed by atoms with Gasteiger partial charge >= 0.3 is 0 Å². The zero-order valence-electron chi connectivity index (χ0n) is 15.2. The van der Waals surface area contributed by atoms with Crippen LogP contribution in [0.15, 0.2) is 119 Å². The first-order chi connectivity index (χ1) is 13.8. The zero-order valence-corrected chi connectivity index (χ0v) is 15.2. The van der Waals surface area contributed by atoms with Gasteiger partial charge in [-0.3, -0.25) is 4.79 Å². The molecule has 0 atom stereocenters. The summed E-state index contributed by atoms with van der Waals surface area (Å²) in [5, 5.41) is 8.53. The van der Waals surface area contributed by atoms with Crippen LogP contribution in [-0.2, 0) is 0 Å². The quantitative estimate of drug-likeness (QED) is 0.278. The van der Waals surface area contributed by atoms with Gasteiger partial charge in [-0.25, -0.2) is 0 Å². The summed E-state index contributed by atoms with van der Waals surface area (Å²) in [6, 6.07) is 34.5. The predicted octanol–water partition coefficient (Wildman–Crippen LogP) is 7.00. The second-order valence-electron chi connectivity index (χ2n) is 6.33. The molecule has 0 aliphatic heterocycles. The summed E-state index contributed by atoms with van der Waals surface area (Å²) in [5.74, 6) is -0.0674. The van der Waals surface area contributed by atoms with Crippen LogP contribution in [0.1, 0.15) is 15.9 Å². The smallest absolute Gasteiger partial charge is 0.195 e. The molecule has 0 spiro atoms. The second kappa shape index (κ2) is 8.23. The number of azo groups is 1. The molecule has 0 saturated carbocycles. The van der Waals surface area contributed by atoms with Crippen LogP contribution in [0.3, 0.4) is 0 Å². The topological polar surface area (TPSA) is 41.8 Å². The summed E-state index contributed by atoms with van der Waals surface area (Å²) in [5.41, 5.74) is 4.67. The molecule has 4 rings (SSSR count). The molecule has 0 bridgehead atoms. The highest BCUT2D eigenvalue weighted by Gasteiger charge is 2.13. The Morgan fingerprint density at radius 2 is 1.11 bits per heavy atom. The van der Waals surface area contributed by atoms with Gasteiger partial charge in [-0.15, -0.1) is 5.11 Å². The Morgan fingerprint density at radius 3 is 1.82 bits per heavy atom. The molecule has 3 nitrogen and oxygen atoms in total. The van der Waals surface area contributed by atoms with Crippen molar-refractivity contribution in [1.82, 2.24) is 0 Å². The van der Waals surface area contributed by atoms with Gasteiger partial charge in [0.2, 0.25) is 0 Å². The highest BCUT2D eigenvalue weighted by Crippen LogP contribution is 2.26. The van der Waals surface area contributed by atoms with Crippen molar-refractivity contribution in [2.45, 2.75) is 0 Å². The van der Waals surface area contributed by atoms with Crippen molar-refractivity contribution in [3.63, 3.8) is 0 Å². The molecule has 0 fully saturated rings. The summed E-state index contributed by atoms with van der Waals surface area (Å²) in [6.07, 6.45) is 0. The maximum absolute atomic E-state index is 13.0. The number of rotatable bonds is 5. The van der Waals surface area contributed by atoms with Crippen molar-refractivity contribution in [3.8, 4) is 11.1 Å². The van der Waals surface area contributed by atoms with Crippen molar-refractivity contribution in [2.75, 3.05) is 0 Å². The van der Waals surface area contributed by atoms with Gasteiger partial charge in [-0.2, -0.15) is 5.11 Å². The minimum Gasteiger partial charge on any atom is -0.289 e. The number of ketones is 1. The van der Waals surface area contributed by atoms with E-state index in [0.717, 1.165) is 16.8 Å². The van der Waals surface area contributed by atoms with Crippen LogP contribution in [0.4, 0.5) is 11.4 Å². The maximum atomic E-state index is 13.0. The Kier molecular flexibility index (Phi) is 5.16. The van der Waals surface area contributed by atoms with Gasteiger partial charge in [0, 0.05) is 5.56 Å². The van der Waals surface area contributed by atoms with Gasteiger partial charge in [-0.05, 0) is 35.4 Å². The first-order valence-electron chi connectivity index (χ1n) is 9.07. The lowest BCUT2D eigenvalue weighted by Gasteiger charge is -2.06. The lowest BCUT2D eigenvalue weighted by atomic mass is 9.98. The van der Waals surface area contributed by atoms with Crippen LogP contribution >= 0.6 is 0 Å². The van der Waals surface area contributed by atoms with Crippen molar-refractivity contribution in [3.05, 3.63) is 120 Å². The summed E-state index contributed by atoms with van der Waals surface area (Å²) in [6.45, 7) is 0. The molecule has 0 unspecified atom stereocenters.